The summed E-state index contributed by atoms with van der Waals surface area (Å²) < 4.78 is 10.2. The van der Waals surface area contributed by atoms with Crippen molar-refractivity contribution in [2.45, 2.75) is 0 Å². The van der Waals surface area contributed by atoms with Gasteiger partial charge in [-0.2, -0.15) is 0 Å². The number of ether oxygens (including phenoxy) is 2. The molecule has 0 aliphatic carbocycles. The van der Waals surface area contributed by atoms with Crippen LogP contribution in [0.1, 0.15) is 0 Å². The van der Waals surface area contributed by atoms with Crippen LogP contribution in [0.15, 0.2) is 24.3 Å². The van der Waals surface area contributed by atoms with Gasteiger partial charge in [0, 0.05) is 0 Å². The molecule has 54 valence electrons. The van der Waals surface area contributed by atoms with Crippen molar-refractivity contribution in [3.63, 3.8) is 0 Å². The maximum absolute atomic E-state index is 5.08. The fourth-order valence-corrected chi connectivity index (χ4v) is 0.845. The van der Waals surface area contributed by atoms with Crippen LogP contribution < -0.4 is 9.47 Å². The van der Waals surface area contributed by atoms with E-state index in [4.69, 9.17) is 9.47 Å². The van der Waals surface area contributed by atoms with E-state index in [0.29, 0.717) is 6.79 Å². The normalized spacial score (nSPS) is 12.4. The fourth-order valence-electron chi connectivity index (χ4n) is 0.845. The average Bonchev–Trinajstić information content (AvgIpc) is 2.33. The van der Waals surface area contributed by atoms with Crippen molar-refractivity contribution in [3.8, 4) is 11.5 Å². The molecule has 1 aliphatic heterocycles. The van der Waals surface area contributed by atoms with Gasteiger partial charge in [0.15, 0.2) is 11.5 Å². The van der Waals surface area contributed by atoms with Crippen LogP contribution in [0.4, 0.5) is 0 Å². The number of hydrogen-bond acceptors (Lipinski definition) is 2. The second kappa shape index (κ2) is 2.58. The smallest absolute Gasteiger partial charge is 0.231 e. The topological polar surface area (TPSA) is 50.0 Å². The van der Waals surface area contributed by atoms with Gasteiger partial charge in [0.2, 0.25) is 6.79 Å². The SMILES string of the molecule is O.c1ccc2c(c1)OCO2. The van der Waals surface area contributed by atoms with Crippen LogP contribution in [0.3, 0.4) is 0 Å². The summed E-state index contributed by atoms with van der Waals surface area (Å²) in [4.78, 5) is 0. The Bertz CT molecular complexity index is 199. The molecule has 0 saturated carbocycles. The number of hydrogen-bond donors (Lipinski definition) is 0. The van der Waals surface area contributed by atoms with Crippen LogP contribution in [0, 0.1) is 0 Å². The predicted octanol–water partition coefficient (Wildman–Crippen LogP) is 0.591. The minimum atomic E-state index is 0. The average molecular weight is 140 g/mol. The van der Waals surface area contributed by atoms with Crippen LogP contribution in [-0.2, 0) is 0 Å². The second-order valence-corrected chi connectivity index (χ2v) is 1.85. The minimum absolute atomic E-state index is 0. The molecule has 1 aromatic rings. The van der Waals surface area contributed by atoms with Crippen molar-refractivity contribution in [2.75, 3.05) is 6.79 Å². The second-order valence-electron chi connectivity index (χ2n) is 1.85. The molecule has 0 atom stereocenters. The number of rotatable bonds is 0. The molecular weight excluding hydrogens is 132 g/mol. The lowest BCUT2D eigenvalue weighted by molar-refractivity contribution is 0.174. The van der Waals surface area contributed by atoms with Gasteiger partial charge in [-0.25, -0.2) is 0 Å². The van der Waals surface area contributed by atoms with Crippen molar-refractivity contribution < 1.29 is 14.9 Å². The Morgan fingerprint density at radius 3 is 2.00 bits per heavy atom. The Hall–Kier alpha value is -1.22. The van der Waals surface area contributed by atoms with E-state index in [2.05, 4.69) is 0 Å². The molecule has 3 nitrogen and oxygen atoms in total. The van der Waals surface area contributed by atoms with Crippen LogP contribution in [0.25, 0.3) is 0 Å². The molecule has 1 aromatic carbocycles. The van der Waals surface area contributed by atoms with E-state index in [0.717, 1.165) is 11.5 Å². The van der Waals surface area contributed by atoms with Crippen LogP contribution >= 0.6 is 0 Å². The highest BCUT2D eigenvalue weighted by molar-refractivity contribution is 5.40. The Morgan fingerprint density at radius 2 is 1.50 bits per heavy atom. The highest BCUT2D eigenvalue weighted by Crippen LogP contribution is 2.30. The van der Waals surface area contributed by atoms with E-state index >= 15 is 0 Å². The third-order valence-electron chi connectivity index (χ3n) is 1.28. The fraction of sp³-hybridized carbons (Fsp3) is 0.143. The highest BCUT2D eigenvalue weighted by atomic mass is 16.7. The van der Waals surface area contributed by atoms with Gasteiger partial charge in [-0.1, -0.05) is 12.1 Å². The molecule has 3 heteroatoms. The van der Waals surface area contributed by atoms with Gasteiger partial charge in [-0.3, -0.25) is 0 Å². The van der Waals surface area contributed by atoms with E-state index in [-0.39, 0.29) is 5.48 Å². The van der Waals surface area contributed by atoms with E-state index in [9.17, 15) is 0 Å². The van der Waals surface area contributed by atoms with Crippen LogP contribution in [0.5, 0.6) is 11.5 Å². The Labute approximate surface area is 58.5 Å². The van der Waals surface area contributed by atoms with Crippen LogP contribution in [0.2, 0.25) is 0 Å². The van der Waals surface area contributed by atoms with E-state index in [1.807, 2.05) is 24.3 Å². The van der Waals surface area contributed by atoms with Gasteiger partial charge in [0.25, 0.3) is 0 Å². The van der Waals surface area contributed by atoms with Gasteiger partial charge >= 0.3 is 0 Å². The predicted molar refractivity (Wildman–Crippen MR) is 36.2 cm³/mol. The highest BCUT2D eigenvalue weighted by Gasteiger charge is 2.09. The summed E-state index contributed by atoms with van der Waals surface area (Å²) in [6.45, 7) is 0.360. The summed E-state index contributed by atoms with van der Waals surface area (Å²) in [5.41, 5.74) is 0. The summed E-state index contributed by atoms with van der Waals surface area (Å²) in [6, 6.07) is 7.63. The standard InChI is InChI=1S/C7H6O2.H2O/c1-2-4-7-6(3-1)8-5-9-7;/h1-4H,5H2;1H2. The Morgan fingerprint density at radius 1 is 1.00 bits per heavy atom. The number of fused-ring (bicyclic) bond motifs is 1. The lowest BCUT2D eigenvalue weighted by atomic mass is 10.3. The van der Waals surface area contributed by atoms with Crippen molar-refractivity contribution >= 4 is 0 Å². The van der Waals surface area contributed by atoms with Gasteiger partial charge in [-0.05, 0) is 12.1 Å². The Kier molecular flexibility index (Phi) is 1.78. The van der Waals surface area contributed by atoms with Crippen molar-refractivity contribution in [3.05, 3.63) is 24.3 Å². The van der Waals surface area contributed by atoms with E-state index in [1.165, 1.54) is 0 Å². The lowest BCUT2D eigenvalue weighted by Crippen LogP contribution is -1.92. The van der Waals surface area contributed by atoms with E-state index < -0.39 is 0 Å². The molecule has 0 fully saturated rings. The summed E-state index contributed by atoms with van der Waals surface area (Å²) >= 11 is 0. The maximum Gasteiger partial charge on any atom is 0.231 e. The van der Waals surface area contributed by atoms with E-state index in [1.54, 1.807) is 0 Å². The molecule has 0 unspecified atom stereocenters. The molecule has 0 radical (unpaired) electrons. The molecule has 10 heavy (non-hydrogen) atoms. The molecule has 0 saturated heterocycles. The Balaban J connectivity index is 0.000000500. The van der Waals surface area contributed by atoms with Crippen LogP contribution in [-0.4, -0.2) is 12.3 Å². The van der Waals surface area contributed by atoms with Crippen molar-refractivity contribution in [2.24, 2.45) is 0 Å². The molecule has 0 spiro atoms. The first-order valence-corrected chi connectivity index (χ1v) is 2.81. The van der Waals surface area contributed by atoms with Crippen molar-refractivity contribution in [1.29, 1.82) is 0 Å². The molecule has 0 aromatic heterocycles. The quantitative estimate of drug-likeness (QED) is 0.529. The summed E-state index contributed by atoms with van der Waals surface area (Å²) in [7, 11) is 0. The molecule has 2 rings (SSSR count). The molecule has 2 N–H and O–H groups in total. The zero-order valence-corrected chi connectivity index (χ0v) is 5.33. The largest absolute Gasteiger partial charge is 0.454 e. The zero-order chi connectivity index (χ0) is 6.10. The third-order valence-corrected chi connectivity index (χ3v) is 1.28. The maximum atomic E-state index is 5.08. The molecule has 1 heterocycles. The molecular formula is C7H8O3. The molecule has 0 bridgehead atoms. The summed E-state index contributed by atoms with van der Waals surface area (Å²) in [6.07, 6.45) is 0. The monoisotopic (exact) mass is 140 g/mol. The van der Waals surface area contributed by atoms with Gasteiger partial charge < -0.3 is 14.9 Å². The van der Waals surface area contributed by atoms with Crippen molar-refractivity contribution in [1.82, 2.24) is 0 Å². The first-order chi connectivity index (χ1) is 4.47. The number of para-hydroxylation sites is 2. The third kappa shape index (κ3) is 0.910. The van der Waals surface area contributed by atoms with Gasteiger partial charge in [-0.15, -0.1) is 0 Å². The minimum Gasteiger partial charge on any atom is -0.454 e. The summed E-state index contributed by atoms with van der Waals surface area (Å²) in [5, 5.41) is 0. The first kappa shape index (κ1) is 6.89. The zero-order valence-electron chi connectivity index (χ0n) is 5.33. The summed E-state index contributed by atoms with van der Waals surface area (Å²) in [5.74, 6) is 1.69. The molecule has 0 amide bonds. The molecule has 1 aliphatic rings. The van der Waals surface area contributed by atoms with Gasteiger partial charge in [0.1, 0.15) is 0 Å². The lowest BCUT2D eigenvalue weighted by Gasteiger charge is -1.89. The first-order valence-electron chi connectivity index (χ1n) is 2.81. The number of benzene rings is 1. The van der Waals surface area contributed by atoms with Gasteiger partial charge in [0.05, 0.1) is 0 Å².